The van der Waals surface area contributed by atoms with Gasteiger partial charge in [0.15, 0.2) is 0 Å². The number of amides is 1. The average Bonchev–Trinajstić information content (AvgIpc) is 2.71. The van der Waals surface area contributed by atoms with E-state index in [2.05, 4.69) is 0 Å². The van der Waals surface area contributed by atoms with Gasteiger partial charge in [-0.05, 0) is 60.6 Å². The molecule has 6 nitrogen and oxygen atoms in total. The van der Waals surface area contributed by atoms with E-state index in [1.165, 1.54) is 0 Å². The second-order valence-corrected chi connectivity index (χ2v) is 10.3. The van der Waals surface area contributed by atoms with Crippen LogP contribution in [0.2, 0.25) is 5.02 Å². The van der Waals surface area contributed by atoms with Gasteiger partial charge in [0.1, 0.15) is 11.4 Å². The third-order valence-corrected chi connectivity index (χ3v) is 5.80. The van der Waals surface area contributed by atoms with Crippen LogP contribution in [0.1, 0.15) is 48.5 Å². The van der Waals surface area contributed by atoms with Crippen LogP contribution in [0.5, 0.6) is 5.75 Å². The Morgan fingerprint density at radius 3 is 2.34 bits per heavy atom. The Kier molecular flexibility index (Phi) is 5.89. The van der Waals surface area contributed by atoms with Crippen LogP contribution in [0.25, 0.3) is 0 Å². The highest BCUT2D eigenvalue weighted by molar-refractivity contribution is 6.63. The van der Waals surface area contributed by atoms with Crippen molar-refractivity contribution < 1.29 is 23.6 Å². The summed E-state index contributed by atoms with van der Waals surface area (Å²) in [5.41, 5.74) is -0.541. The number of halogens is 1. The molecule has 0 bridgehead atoms. The molecule has 2 saturated heterocycles. The SMILES string of the molecule is CC(C)(C)OC(=O)N1CC(COc2cc(Cl)ccc2B2OC(C)(C)C(C)(C)O2)C1. The third-order valence-electron chi connectivity index (χ3n) is 5.57. The summed E-state index contributed by atoms with van der Waals surface area (Å²) in [5.74, 6) is 0.888. The highest BCUT2D eigenvalue weighted by Gasteiger charge is 2.52. The Bertz CT molecular complexity index is 755. The summed E-state index contributed by atoms with van der Waals surface area (Å²) in [7, 11) is -0.521. The molecule has 8 heteroatoms. The zero-order chi connectivity index (χ0) is 21.6. The van der Waals surface area contributed by atoms with Crippen molar-refractivity contribution in [1.29, 1.82) is 0 Å². The maximum absolute atomic E-state index is 12.1. The molecule has 2 aliphatic heterocycles. The molecule has 3 rings (SSSR count). The third kappa shape index (κ3) is 5.01. The summed E-state index contributed by atoms with van der Waals surface area (Å²) in [6, 6.07) is 5.47. The molecule has 0 aromatic heterocycles. The first-order valence-electron chi connectivity index (χ1n) is 10.0. The van der Waals surface area contributed by atoms with Crippen LogP contribution in [0.3, 0.4) is 0 Å². The average molecular weight is 424 g/mol. The highest BCUT2D eigenvalue weighted by Crippen LogP contribution is 2.37. The molecule has 1 amide bonds. The molecule has 29 heavy (non-hydrogen) atoms. The molecule has 0 saturated carbocycles. The molecule has 1 aromatic carbocycles. The molecule has 160 valence electrons. The number of hydrogen-bond acceptors (Lipinski definition) is 5. The van der Waals surface area contributed by atoms with E-state index in [0.717, 1.165) is 5.46 Å². The Hall–Kier alpha value is -1.44. The molecule has 0 radical (unpaired) electrons. The first-order chi connectivity index (χ1) is 13.3. The normalized spacial score (nSPS) is 21.1. The fourth-order valence-electron chi connectivity index (χ4n) is 3.16. The lowest BCUT2D eigenvalue weighted by Crippen LogP contribution is -2.53. The van der Waals surface area contributed by atoms with Gasteiger partial charge in [-0.25, -0.2) is 4.79 Å². The number of hydrogen-bond donors (Lipinski definition) is 0. The minimum Gasteiger partial charge on any atom is -0.493 e. The molecule has 2 heterocycles. The highest BCUT2D eigenvalue weighted by atomic mass is 35.5. The quantitative estimate of drug-likeness (QED) is 0.688. The van der Waals surface area contributed by atoms with Crippen LogP contribution in [0.4, 0.5) is 4.79 Å². The second kappa shape index (κ2) is 7.67. The predicted octanol–water partition coefficient (Wildman–Crippen LogP) is 3.88. The summed E-state index contributed by atoms with van der Waals surface area (Å²) in [6.45, 7) is 15.4. The van der Waals surface area contributed by atoms with Gasteiger partial charge in [0.25, 0.3) is 0 Å². The topological polar surface area (TPSA) is 57.2 Å². The van der Waals surface area contributed by atoms with Gasteiger partial charge in [-0.1, -0.05) is 17.7 Å². The fraction of sp³-hybridized carbons (Fsp3) is 0.667. The van der Waals surface area contributed by atoms with Gasteiger partial charge in [-0.15, -0.1) is 0 Å². The van der Waals surface area contributed by atoms with E-state index in [9.17, 15) is 4.79 Å². The minimum absolute atomic E-state index is 0.243. The number of ether oxygens (including phenoxy) is 2. The van der Waals surface area contributed by atoms with Crippen molar-refractivity contribution in [1.82, 2.24) is 4.90 Å². The van der Waals surface area contributed by atoms with E-state index in [0.29, 0.717) is 30.5 Å². The summed E-state index contributed by atoms with van der Waals surface area (Å²) in [5, 5.41) is 0.587. The maximum atomic E-state index is 12.1. The molecular formula is C21H31BClNO5. The molecular weight excluding hydrogens is 392 g/mol. The second-order valence-electron chi connectivity index (χ2n) is 9.83. The molecule has 2 aliphatic rings. The zero-order valence-electron chi connectivity index (χ0n) is 18.4. The van der Waals surface area contributed by atoms with Gasteiger partial charge in [0.05, 0.1) is 17.8 Å². The molecule has 0 N–H and O–H groups in total. The molecule has 0 unspecified atom stereocenters. The number of carbonyl (C=O) groups excluding carboxylic acids is 1. The van der Waals surface area contributed by atoms with Gasteiger partial charge in [-0.3, -0.25) is 0 Å². The van der Waals surface area contributed by atoms with Crippen LogP contribution in [0, 0.1) is 5.92 Å². The Balaban J connectivity index is 1.60. The van der Waals surface area contributed by atoms with Crippen LogP contribution in [-0.2, 0) is 14.0 Å². The number of rotatable bonds is 4. The van der Waals surface area contributed by atoms with Crippen molar-refractivity contribution >= 4 is 30.3 Å². The van der Waals surface area contributed by atoms with E-state index in [4.69, 9.17) is 30.4 Å². The largest absolute Gasteiger partial charge is 0.498 e. The van der Waals surface area contributed by atoms with Crippen molar-refractivity contribution in [3.05, 3.63) is 23.2 Å². The lowest BCUT2D eigenvalue weighted by molar-refractivity contribution is -0.00776. The lowest BCUT2D eigenvalue weighted by atomic mass is 9.78. The van der Waals surface area contributed by atoms with Crippen molar-refractivity contribution in [3.63, 3.8) is 0 Å². The Morgan fingerprint density at radius 1 is 1.21 bits per heavy atom. The first kappa shape index (κ1) is 22.3. The van der Waals surface area contributed by atoms with Crippen molar-refractivity contribution in [2.24, 2.45) is 5.92 Å². The van der Waals surface area contributed by atoms with E-state index in [1.807, 2.05) is 60.6 Å². The van der Waals surface area contributed by atoms with Crippen molar-refractivity contribution in [3.8, 4) is 5.75 Å². The van der Waals surface area contributed by atoms with Gasteiger partial charge in [0, 0.05) is 29.5 Å². The molecule has 0 spiro atoms. The van der Waals surface area contributed by atoms with E-state index in [1.54, 1.807) is 11.0 Å². The minimum atomic E-state index is -0.521. The van der Waals surface area contributed by atoms with Crippen LogP contribution < -0.4 is 10.2 Å². The lowest BCUT2D eigenvalue weighted by Gasteiger charge is -2.39. The molecule has 2 fully saturated rings. The molecule has 1 aromatic rings. The van der Waals surface area contributed by atoms with Gasteiger partial charge in [0.2, 0.25) is 0 Å². The first-order valence-corrected chi connectivity index (χ1v) is 10.4. The number of likely N-dealkylation sites (tertiary alicyclic amines) is 1. The van der Waals surface area contributed by atoms with Crippen molar-refractivity contribution in [2.75, 3.05) is 19.7 Å². The van der Waals surface area contributed by atoms with Crippen LogP contribution in [0.15, 0.2) is 18.2 Å². The van der Waals surface area contributed by atoms with Gasteiger partial charge >= 0.3 is 13.2 Å². The molecule has 0 atom stereocenters. The molecule has 0 aliphatic carbocycles. The summed E-state index contributed by atoms with van der Waals surface area (Å²) < 4.78 is 23.8. The monoisotopic (exact) mass is 423 g/mol. The van der Waals surface area contributed by atoms with Crippen molar-refractivity contribution in [2.45, 2.75) is 65.3 Å². The van der Waals surface area contributed by atoms with Gasteiger partial charge < -0.3 is 23.7 Å². The number of carbonyl (C=O) groups is 1. The zero-order valence-corrected chi connectivity index (χ0v) is 19.1. The maximum Gasteiger partial charge on any atom is 0.498 e. The van der Waals surface area contributed by atoms with E-state index in [-0.39, 0.29) is 12.0 Å². The van der Waals surface area contributed by atoms with E-state index >= 15 is 0 Å². The van der Waals surface area contributed by atoms with Gasteiger partial charge in [-0.2, -0.15) is 0 Å². The Labute approximate surface area is 178 Å². The summed E-state index contributed by atoms with van der Waals surface area (Å²) in [6.07, 6.45) is -0.283. The fourth-order valence-corrected chi connectivity index (χ4v) is 3.32. The van der Waals surface area contributed by atoms with Crippen LogP contribution >= 0.6 is 11.6 Å². The predicted molar refractivity (Wildman–Crippen MR) is 114 cm³/mol. The number of nitrogens with zero attached hydrogens (tertiary/aromatic N) is 1. The smallest absolute Gasteiger partial charge is 0.493 e. The summed E-state index contributed by atoms with van der Waals surface area (Å²) in [4.78, 5) is 13.8. The summed E-state index contributed by atoms with van der Waals surface area (Å²) >= 11 is 6.19. The van der Waals surface area contributed by atoms with E-state index < -0.39 is 23.9 Å². The Morgan fingerprint density at radius 2 is 1.79 bits per heavy atom. The standard InChI is InChI=1S/C21H31BClNO5/c1-19(2,3)27-18(25)24-11-14(12-24)13-26-17-10-15(23)8-9-16(17)22-28-20(4,5)21(6,7)29-22/h8-10,14H,11-13H2,1-7H3. The van der Waals surface area contributed by atoms with Crippen LogP contribution in [-0.4, -0.2) is 54.6 Å². The number of benzene rings is 1.